The van der Waals surface area contributed by atoms with E-state index in [-0.39, 0.29) is 22.2 Å². The standard InChI is InChI=1S/C23H19F5N2O5/c1-9-15(10-4-5-11(24)17(25)19(10)34-3)20(35-22(9,2)23(26,27)28)13-8-14(31)16-12(30-13)6-7-29-18(16)21(32)33/h4-9,15,20H,1-3H3,(H,30,31)(H,32,33)/t9-,15-,20-,22+/m0/s1. The number of nitrogens with zero attached hydrogens (tertiary/aromatic N) is 1. The Labute approximate surface area is 194 Å². The van der Waals surface area contributed by atoms with Gasteiger partial charge in [0, 0.05) is 35.4 Å². The van der Waals surface area contributed by atoms with Crippen molar-refractivity contribution >= 4 is 16.9 Å². The molecule has 0 radical (unpaired) electrons. The number of H-pyrrole nitrogens is 1. The Morgan fingerprint density at radius 2 is 1.94 bits per heavy atom. The van der Waals surface area contributed by atoms with Gasteiger partial charge in [0.05, 0.1) is 18.0 Å². The number of ether oxygens (including phenoxy) is 2. The van der Waals surface area contributed by atoms with Crippen molar-refractivity contribution in [3.05, 3.63) is 69.3 Å². The molecule has 0 saturated carbocycles. The molecule has 0 bridgehead atoms. The van der Waals surface area contributed by atoms with Crippen LogP contribution in [-0.2, 0) is 4.74 Å². The van der Waals surface area contributed by atoms with Crippen LogP contribution in [0.4, 0.5) is 22.0 Å². The predicted octanol–water partition coefficient (Wildman–Crippen LogP) is 4.72. The minimum absolute atomic E-state index is 0.00719. The number of alkyl halides is 3. The third-order valence-electron chi connectivity index (χ3n) is 6.58. The monoisotopic (exact) mass is 498 g/mol. The molecular formula is C23H19F5N2O5. The van der Waals surface area contributed by atoms with Gasteiger partial charge >= 0.3 is 12.1 Å². The molecule has 0 aliphatic carbocycles. The third kappa shape index (κ3) is 3.72. The van der Waals surface area contributed by atoms with E-state index in [0.717, 1.165) is 38.4 Å². The zero-order valence-corrected chi connectivity index (χ0v) is 18.5. The zero-order valence-electron chi connectivity index (χ0n) is 18.5. The number of fused-ring (bicyclic) bond motifs is 1. The van der Waals surface area contributed by atoms with Gasteiger partial charge in [0.25, 0.3) is 0 Å². The van der Waals surface area contributed by atoms with Crippen molar-refractivity contribution in [1.29, 1.82) is 0 Å². The predicted molar refractivity (Wildman–Crippen MR) is 112 cm³/mol. The lowest BCUT2D eigenvalue weighted by molar-refractivity contribution is -0.275. The lowest BCUT2D eigenvalue weighted by Gasteiger charge is -2.32. The first-order chi connectivity index (χ1) is 16.3. The van der Waals surface area contributed by atoms with E-state index in [9.17, 15) is 36.6 Å². The van der Waals surface area contributed by atoms with Crippen molar-refractivity contribution in [2.75, 3.05) is 7.11 Å². The molecule has 4 atom stereocenters. The van der Waals surface area contributed by atoms with Crippen molar-refractivity contribution in [3.8, 4) is 5.75 Å². The number of aromatic amines is 1. The zero-order chi connectivity index (χ0) is 25.9. The van der Waals surface area contributed by atoms with Crippen LogP contribution >= 0.6 is 0 Å². The van der Waals surface area contributed by atoms with E-state index in [1.165, 1.54) is 13.0 Å². The molecule has 1 aliphatic rings. The van der Waals surface area contributed by atoms with Gasteiger partial charge in [-0.15, -0.1) is 0 Å². The van der Waals surface area contributed by atoms with Gasteiger partial charge in [-0.25, -0.2) is 14.2 Å². The number of benzene rings is 1. The van der Waals surface area contributed by atoms with Gasteiger partial charge < -0.3 is 19.6 Å². The fourth-order valence-corrected chi connectivity index (χ4v) is 4.62. The molecule has 12 heteroatoms. The van der Waals surface area contributed by atoms with Crippen molar-refractivity contribution in [2.24, 2.45) is 5.92 Å². The van der Waals surface area contributed by atoms with Crippen LogP contribution < -0.4 is 10.2 Å². The first-order valence-electron chi connectivity index (χ1n) is 10.3. The Morgan fingerprint density at radius 1 is 1.26 bits per heavy atom. The number of carbonyl (C=O) groups is 1. The van der Waals surface area contributed by atoms with Crippen molar-refractivity contribution in [2.45, 2.75) is 37.6 Å². The van der Waals surface area contributed by atoms with Crippen LogP contribution in [-0.4, -0.2) is 39.9 Å². The number of methoxy groups -OCH3 is 1. The van der Waals surface area contributed by atoms with Crippen LogP contribution in [0.3, 0.4) is 0 Å². The van der Waals surface area contributed by atoms with Crippen molar-refractivity contribution < 1.29 is 41.3 Å². The number of carboxylic acid groups (broad SMARTS) is 1. The maximum Gasteiger partial charge on any atom is 0.417 e. The van der Waals surface area contributed by atoms with E-state index < -0.39 is 64.2 Å². The molecule has 186 valence electrons. The summed E-state index contributed by atoms with van der Waals surface area (Å²) in [6.07, 6.45) is -5.21. The molecule has 0 spiro atoms. The summed E-state index contributed by atoms with van der Waals surface area (Å²) in [6, 6.07) is 4.10. The van der Waals surface area contributed by atoms with Crippen LogP contribution in [0.2, 0.25) is 0 Å². The molecule has 35 heavy (non-hydrogen) atoms. The summed E-state index contributed by atoms with van der Waals surface area (Å²) < 4.78 is 81.3. The first-order valence-corrected chi connectivity index (χ1v) is 10.3. The van der Waals surface area contributed by atoms with Gasteiger partial charge in [-0.3, -0.25) is 4.79 Å². The average molecular weight is 498 g/mol. The van der Waals surface area contributed by atoms with Gasteiger partial charge in [-0.2, -0.15) is 17.6 Å². The molecule has 3 heterocycles. The molecule has 2 N–H and O–H groups in total. The summed E-state index contributed by atoms with van der Waals surface area (Å²) >= 11 is 0. The molecular weight excluding hydrogens is 479 g/mol. The molecule has 3 aromatic rings. The van der Waals surface area contributed by atoms with Gasteiger partial charge in [0.1, 0.15) is 6.10 Å². The van der Waals surface area contributed by atoms with Crippen molar-refractivity contribution in [3.63, 3.8) is 0 Å². The normalized spacial score (nSPS) is 24.6. The van der Waals surface area contributed by atoms with Crippen LogP contribution in [0.5, 0.6) is 5.75 Å². The summed E-state index contributed by atoms with van der Waals surface area (Å²) in [5.74, 6) is -7.24. The van der Waals surface area contributed by atoms with Gasteiger partial charge in [0.15, 0.2) is 28.3 Å². The largest absolute Gasteiger partial charge is 0.493 e. The number of aromatic nitrogens is 2. The molecule has 0 amide bonds. The topological polar surface area (TPSA) is 102 Å². The number of hydrogen-bond acceptors (Lipinski definition) is 5. The van der Waals surface area contributed by atoms with Crippen LogP contribution in [0.1, 0.15) is 47.6 Å². The smallest absolute Gasteiger partial charge is 0.417 e. The highest BCUT2D eigenvalue weighted by atomic mass is 19.4. The highest BCUT2D eigenvalue weighted by Crippen LogP contribution is 2.59. The van der Waals surface area contributed by atoms with Crippen LogP contribution in [0.25, 0.3) is 10.9 Å². The van der Waals surface area contributed by atoms with Gasteiger partial charge in [-0.05, 0) is 19.1 Å². The lowest BCUT2D eigenvalue weighted by atomic mass is 9.76. The van der Waals surface area contributed by atoms with Gasteiger partial charge in [0.2, 0.25) is 5.82 Å². The van der Waals surface area contributed by atoms with E-state index >= 15 is 0 Å². The average Bonchev–Trinajstić information content (AvgIpc) is 3.06. The lowest BCUT2D eigenvalue weighted by Crippen LogP contribution is -2.46. The highest BCUT2D eigenvalue weighted by molar-refractivity contribution is 6.00. The first kappa shape index (κ1) is 24.6. The molecule has 4 rings (SSSR count). The molecule has 0 unspecified atom stereocenters. The SMILES string of the molecule is COc1c([C@H]2[C@H](c3cc(=O)c4c(C(=O)O)nccc4[nH]3)O[C@@](C)(C(F)(F)F)[C@H]2C)ccc(F)c1F. The Balaban J connectivity index is 1.98. The fraction of sp³-hybridized carbons (Fsp3) is 0.348. The Hall–Kier alpha value is -3.54. The Bertz CT molecular complexity index is 1390. The summed E-state index contributed by atoms with van der Waals surface area (Å²) in [5.41, 5.74) is -4.26. The molecule has 1 saturated heterocycles. The number of rotatable bonds is 4. The fourth-order valence-electron chi connectivity index (χ4n) is 4.62. The van der Waals surface area contributed by atoms with Crippen LogP contribution in [0.15, 0.2) is 35.3 Å². The van der Waals surface area contributed by atoms with E-state index in [4.69, 9.17) is 9.47 Å². The summed E-state index contributed by atoms with van der Waals surface area (Å²) in [4.78, 5) is 30.8. The number of carboxylic acids is 1. The van der Waals surface area contributed by atoms with E-state index in [0.29, 0.717) is 0 Å². The number of hydrogen-bond donors (Lipinski definition) is 2. The number of pyridine rings is 2. The number of halogens is 5. The van der Waals surface area contributed by atoms with E-state index in [2.05, 4.69) is 9.97 Å². The number of nitrogens with one attached hydrogen (secondary N) is 1. The van der Waals surface area contributed by atoms with Gasteiger partial charge in [-0.1, -0.05) is 13.0 Å². The summed E-state index contributed by atoms with van der Waals surface area (Å²) in [6.45, 7) is 2.09. The minimum atomic E-state index is -4.86. The molecule has 1 aromatic carbocycles. The summed E-state index contributed by atoms with van der Waals surface area (Å²) in [5, 5.41) is 9.06. The number of aromatic carboxylic acids is 1. The Kier molecular flexibility index (Phi) is 5.82. The minimum Gasteiger partial charge on any atom is -0.493 e. The molecule has 1 fully saturated rings. The Morgan fingerprint density at radius 3 is 2.54 bits per heavy atom. The second-order valence-electron chi connectivity index (χ2n) is 8.42. The van der Waals surface area contributed by atoms with Crippen LogP contribution in [0, 0.1) is 17.6 Å². The highest BCUT2D eigenvalue weighted by Gasteiger charge is 2.65. The molecule has 7 nitrogen and oxygen atoms in total. The second-order valence-corrected chi connectivity index (χ2v) is 8.42. The molecule has 1 aliphatic heterocycles. The maximum absolute atomic E-state index is 14.5. The molecule has 2 aromatic heterocycles. The van der Waals surface area contributed by atoms with Crippen molar-refractivity contribution in [1.82, 2.24) is 9.97 Å². The third-order valence-corrected chi connectivity index (χ3v) is 6.58. The summed E-state index contributed by atoms with van der Waals surface area (Å²) in [7, 11) is 1.05. The second kappa shape index (κ2) is 8.29. The van der Waals surface area contributed by atoms with E-state index in [1.54, 1.807) is 0 Å². The maximum atomic E-state index is 14.5. The quantitative estimate of drug-likeness (QED) is 0.505. The van der Waals surface area contributed by atoms with E-state index in [1.807, 2.05) is 0 Å².